The number of hydrogen-bond acceptors (Lipinski definition) is 13. The summed E-state index contributed by atoms with van der Waals surface area (Å²) in [6, 6.07) is 14.5. The van der Waals surface area contributed by atoms with E-state index in [1.165, 1.54) is 24.3 Å². The number of benzene rings is 3. The number of carbonyl (C=O) groups is 8. The van der Waals surface area contributed by atoms with Gasteiger partial charge in [0.25, 0.3) is 0 Å². The Hall–Kier alpha value is -7.57. The monoisotopic (exact) mass is 1080 g/mol. The molecule has 414 valence electrons. The van der Waals surface area contributed by atoms with Crippen LogP contribution in [0.4, 0.5) is 4.79 Å². The average molecular weight is 1080 g/mol. The van der Waals surface area contributed by atoms with Gasteiger partial charge in [-0.15, -0.1) is 0 Å². The average Bonchev–Trinajstić information content (AvgIpc) is 3.75. The lowest BCUT2D eigenvalue weighted by Crippen LogP contribution is -2.58. The first-order chi connectivity index (χ1) is 35.9. The minimum Gasteiger partial charge on any atom is -0.481 e. The summed E-state index contributed by atoms with van der Waals surface area (Å²) in [5, 5.41) is 29.6. The SMILES string of the molecule is CCCC[C@H](NC[C@H](Cc1c[nH]c2ccccc12)NC(=O)CNC(=O)[C@H](CCCC)NC(=O)[C@H](Cc1ccc(OS(=O)(=O)O)cc1)NC(=O)OC(C)(C)C)C(=O)N[C@@H](CC(=O)O)C(=O)N[C@@H](Cc1ccccc1)C(N)=O. The predicted octanol–water partition coefficient (Wildman–Crippen LogP) is 2.62. The van der Waals surface area contributed by atoms with Crippen molar-refractivity contribution in [3.8, 4) is 5.75 Å². The summed E-state index contributed by atoms with van der Waals surface area (Å²) < 4.78 is 41.3. The number of nitrogens with two attached hydrogens (primary N) is 1. The zero-order valence-corrected chi connectivity index (χ0v) is 44.1. The molecule has 0 saturated heterocycles. The number of alkyl carbamates (subject to hydrolysis) is 1. The summed E-state index contributed by atoms with van der Waals surface area (Å²) in [6.07, 6.45) is 2.90. The van der Waals surface area contributed by atoms with Crippen LogP contribution in [-0.4, -0.2) is 126 Å². The van der Waals surface area contributed by atoms with Gasteiger partial charge in [-0.3, -0.25) is 38.1 Å². The Balaban J connectivity index is 1.50. The number of unbranched alkanes of at least 4 members (excludes halogenated alkanes) is 2. The second-order valence-corrected chi connectivity index (χ2v) is 20.2. The first kappa shape index (κ1) is 61.0. The molecule has 6 atom stereocenters. The lowest BCUT2D eigenvalue weighted by Gasteiger charge is -2.26. The molecule has 0 spiro atoms. The Labute approximate surface area is 441 Å². The number of ether oxygens (including phenoxy) is 1. The van der Waals surface area contributed by atoms with Gasteiger partial charge in [-0.25, -0.2) is 4.79 Å². The number of primary amides is 1. The maximum atomic E-state index is 14.0. The summed E-state index contributed by atoms with van der Waals surface area (Å²) in [7, 11) is -4.81. The minimum atomic E-state index is -4.81. The Morgan fingerprint density at radius 1 is 0.671 bits per heavy atom. The van der Waals surface area contributed by atoms with Crippen LogP contribution in [0.5, 0.6) is 5.75 Å². The van der Waals surface area contributed by atoms with Crippen molar-refractivity contribution in [1.29, 1.82) is 0 Å². The van der Waals surface area contributed by atoms with Crippen LogP contribution in [0.25, 0.3) is 10.9 Å². The second kappa shape index (κ2) is 29.5. The first-order valence-electron chi connectivity index (χ1n) is 25.0. The number of aromatic nitrogens is 1. The zero-order valence-electron chi connectivity index (χ0n) is 43.3. The van der Waals surface area contributed by atoms with Crippen LogP contribution < -0.4 is 47.1 Å². The molecule has 1 heterocycles. The number of rotatable bonds is 31. The fraction of sp³-hybridized carbons (Fsp3) is 0.462. The van der Waals surface area contributed by atoms with E-state index in [2.05, 4.69) is 46.4 Å². The molecule has 0 bridgehead atoms. The van der Waals surface area contributed by atoms with E-state index in [9.17, 15) is 51.9 Å². The number of carbonyl (C=O) groups excluding carboxylic acids is 7. The van der Waals surface area contributed by atoms with Crippen molar-refractivity contribution in [3.05, 3.63) is 102 Å². The van der Waals surface area contributed by atoms with E-state index in [-0.39, 0.29) is 44.4 Å². The molecule has 0 radical (unpaired) electrons. The van der Waals surface area contributed by atoms with Gasteiger partial charge in [-0.2, -0.15) is 8.42 Å². The molecule has 24 heteroatoms. The highest BCUT2D eigenvalue weighted by Crippen LogP contribution is 2.20. The van der Waals surface area contributed by atoms with Gasteiger partial charge in [0.2, 0.25) is 35.4 Å². The number of carboxylic acid groups (broad SMARTS) is 1. The van der Waals surface area contributed by atoms with Crippen LogP contribution >= 0.6 is 0 Å². The van der Waals surface area contributed by atoms with E-state index in [4.69, 9.17) is 15.0 Å². The number of para-hydroxylation sites is 1. The molecule has 0 saturated carbocycles. The van der Waals surface area contributed by atoms with E-state index in [1.54, 1.807) is 57.3 Å². The normalized spacial score (nSPS) is 13.9. The molecule has 76 heavy (non-hydrogen) atoms. The topological polar surface area (TPSA) is 356 Å². The Morgan fingerprint density at radius 2 is 1.24 bits per heavy atom. The minimum absolute atomic E-state index is 0.0187. The fourth-order valence-corrected chi connectivity index (χ4v) is 8.33. The molecule has 1 aromatic heterocycles. The first-order valence-corrected chi connectivity index (χ1v) is 26.4. The second-order valence-electron chi connectivity index (χ2n) is 19.2. The summed E-state index contributed by atoms with van der Waals surface area (Å²) in [5.74, 6) is -6.19. The van der Waals surface area contributed by atoms with Crippen LogP contribution in [0.2, 0.25) is 0 Å². The van der Waals surface area contributed by atoms with Crippen LogP contribution in [0, 0.1) is 0 Å². The summed E-state index contributed by atoms with van der Waals surface area (Å²) in [5.41, 5.74) is 7.44. The van der Waals surface area contributed by atoms with Crippen molar-refractivity contribution >= 4 is 68.8 Å². The number of hydrogen-bond donors (Lipinski definition) is 11. The molecule has 7 amide bonds. The quantitative estimate of drug-likeness (QED) is 0.0323. The molecular weight excluding hydrogens is 1010 g/mol. The highest BCUT2D eigenvalue weighted by atomic mass is 32.3. The van der Waals surface area contributed by atoms with Crippen molar-refractivity contribution in [1.82, 2.24) is 42.2 Å². The number of nitrogens with one attached hydrogen (secondary N) is 8. The predicted molar refractivity (Wildman–Crippen MR) is 281 cm³/mol. The van der Waals surface area contributed by atoms with Crippen molar-refractivity contribution in [3.63, 3.8) is 0 Å². The Bertz CT molecular complexity index is 2710. The van der Waals surface area contributed by atoms with Gasteiger partial charge >= 0.3 is 22.5 Å². The van der Waals surface area contributed by atoms with Gasteiger partial charge in [0.05, 0.1) is 19.0 Å². The number of carboxylic acids is 1. The van der Waals surface area contributed by atoms with Crippen molar-refractivity contribution in [2.45, 2.75) is 141 Å². The standard InChI is InChI=1S/C52H71N9O14S/c1-6-8-18-39(48(67)60-43(28-45(63)64)50(69)59-41(46(53)65)25-32-15-11-10-12-16-32)55-30-35(27-34-29-54-38-20-14-13-17-37(34)38)57-44(62)31-56-47(66)40(19-9-7-2)58-49(68)42(61-51(70)74-52(3,4)5)26-33-21-23-36(24-22-33)75-76(71,72)73/h10-17,20-24,29,35,39-43,54-55H,6-9,18-19,25-28,30-31H2,1-5H3,(H2,53,65)(H,56,66)(H,57,62)(H,58,68)(H,59,69)(H,60,67)(H,61,70)(H,63,64)(H,71,72,73)/t35-,39-,40-,41-,42-,43-/m0/s1. The smallest absolute Gasteiger partial charge is 0.446 e. The summed E-state index contributed by atoms with van der Waals surface area (Å²) in [4.78, 5) is 110. The van der Waals surface area contributed by atoms with E-state index < -0.39 is 113 Å². The maximum Gasteiger partial charge on any atom is 0.446 e. The van der Waals surface area contributed by atoms with Gasteiger partial charge in [0.15, 0.2) is 0 Å². The molecule has 12 N–H and O–H groups in total. The highest BCUT2D eigenvalue weighted by Gasteiger charge is 2.32. The molecule has 23 nitrogen and oxygen atoms in total. The lowest BCUT2D eigenvalue weighted by molar-refractivity contribution is -0.141. The van der Waals surface area contributed by atoms with Crippen LogP contribution in [0.3, 0.4) is 0 Å². The molecule has 0 unspecified atom stereocenters. The van der Waals surface area contributed by atoms with Gasteiger partial charge < -0.3 is 62.0 Å². The molecular formula is C52H71N9O14S. The number of aromatic amines is 1. The Kier molecular flexibility index (Phi) is 23.7. The zero-order chi connectivity index (χ0) is 56.0. The number of amides is 7. The van der Waals surface area contributed by atoms with Crippen molar-refractivity contribution in [2.75, 3.05) is 13.1 Å². The van der Waals surface area contributed by atoms with Crippen LogP contribution in [0.1, 0.15) is 96.3 Å². The van der Waals surface area contributed by atoms with E-state index in [0.29, 0.717) is 36.8 Å². The molecule has 0 aliphatic rings. The van der Waals surface area contributed by atoms with Crippen molar-refractivity contribution in [2.24, 2.45) is 5.73 Å². The third kappa shape index (κ3) is 21.7. The van der Waals surface area contributed by atoms with Gasteiger partial charge in [0.1, 0.15) is 35.5 Å². The highest BCUT2D eigenvalue weighted by molar-refractivity contribution is 7.81. The van der Waals surface area contributed by atoms with Crippen LogP contribution in [-0.2, 0) is 68.0 Å². The lowest BCUT2D eigenvalue weighted by atomic mass is 10.0. The summed E-state index contributed by atoms with van der Waals surface area (Å²) in [6.45, 7) is 8.12. The van der Waals surface area contributed by atoms with E-state index in [1.807, 2.05) is 38.1 Å². The maximum absolute atomic E-state index is 14.0. The fourth-order valence-electron chi connectivity index (χ4n) is 7.98. The van der Waals surface area contributed by atoms with Gasteiger partial charge in [-0.05, 0) is 74.9 Å². The van der Waals surface area contributed by atoms with Gasteiger partial charge in [-0.1, -0.05) is 100 Å². The molecule has 3 aromatic carbocycles. The molecule has 4 aromatic rings. The molecule has 0 aliphatic carbocycles. The molecule has 4 rings (SSSR count). The third-order valence-electron chi connectivity index (χ3n) is 11.7. The summed E-state index contributed by atoms with van der Waals surface area (Å²) >= 11 is 0. The largest absolute Gasteiger partial charge is 0.481 e. The Morgan fingerprint density at radius 3 is 1.86 bits per heavy atom. The van der Waals surface area contributed by atoms with Crippen molar-refractivity contribution < 1.29 is 65.4 Å². The van der Waals surface area contributed by atoms with E-state index in [0.717, 1.165) is 16.5 Å². The molecule has 0 aliphatic heterocycles. The van der Waals surface area contributed by atoms with E-state index >= 15 is 0 Å². The third-order valence-corrected chi connectivity index (χ3v) is 12.1. The number of aliphatic carboxylic acids is 1. The number of fused-ring (bicyclic) bond motifs is 1. The van der Waals surface area contributed by atoms with Gasteiger partial charge in [0, 0.05) is 42.5 Å². The van der Waals surface area contributed by atoms with Crippen LogP contribution in [0.15, 0.2) is 85.1 Å². The molecule has 0 fully saturated rings. The number of H-pyrrole nitrogens is 1.